The summed E-state index contributed by atoms with van der Waals surface area (Å²) < 4.78 is 0. The van der Waals surface area contributed by atoms with E-state index >= 15 is 0 Å². The number of aryl methyl sites for hydroxylation is 2. The molecule has 0 heteroatoms. The molecule has 0 saturated heterocycles. The Kier molecular flexibility index (Phi) is 6.46. The highest BCUT2D eigenvalue weighted by Gasteiger charge is 2.13. The van der Waals surface area contributed by atoms with E-state index in [-0.39, 0.29) is 0 Å². The average molecular weight is 487 g/mol. The molecule has 0 aliphatic heterocycles. The molecule has 0 aromatic heterocycles. The van der Waals surface area contributed by atoms with Crippen LogP contribution >= 0.6 is 0 Å². The Hall–Kier alpha value is -4.68. The van der Waals surface area contributed by atoms with Crippen molar-refractivity contribution in [2.45, 2.75) is 13.8 Å². The van der Waals surface area contributed by atoms with Crippen LogP contribution in [0.4, 0.5) is 0 Å². The van der Waals surface area contributed by atoms with Gasteiger partial charge in [-0.3, -0.25) is 0 Å². The molecule has 6 aromatic rings. The van der Waals surface area contributed by atoms with Crippen molar-refractivity contribution in [1.82, 2.24) is 0 Å². The molecular formula is C38H30. The lowest BCUT2D eigenvalue weighted by Gasteiger charge is -2.16. The molecular weight excluding hydrogens is 456 g/mol. The molecule has 38 heavy (non-hydrogen) atoms. The first-order chi connectivity index (χ1) is 18.7. The Bertz CT molecular complexity index is 1610. The standard InChI is InChI=1S/C38H30/c1-27-11-7-13-29(23-27)31-15-9-17-33(25-31)35-19-3-5-21-37(35)38-22-6-4-20-36(38)34-18-10-16-32(26-34)30-14-8-12-28(2)24-30/h3-26H,1-2H3. The molecule has 0 saturated carbocycles. The van der Waals surface area contributed by atoms with Crippen molar-refractivity contribution < 1.29 is 0 Å². The summed E-state index contributed by atoms with van der Waals surface area (Å²) in [5.41, 5.74) is 14.9. The van der Waals surface area contributed by atoms with Gasteiger partial charge in [0.1, 0.15) is 0 Å². The van der Waals surface area contributed by atoms with Crippen LogP contribution in [-0.4, -0.2) is 0 Å². The molecule has 0 spiro atoms. The average Bonchev–Trinajstić information content (AvgIpc) is 2.97. The molecule has 0 aliphatic rings. The summed E-state index contributed by atoms with van der Waals surface area (Å²) in [5.74, 6) is 0. The largest absolute Gasteiger partial charge is 0.0616 e. The van der Waals surface area contributed by atoms with Gasteiger partial charge < -0.3 is 0 Å². The van der Waals surface area contributed by atoms with E-state index in [1.807, 2.05) is 0 Å². The van der Waals surface area contributed by atoms with Gasteiger partial charge >= 0.3 is 0 Å². The van der Waals surface area contributed by atoms with E-state index in [1.165, 1.54) is 66.8 Å². The predicted molar refractivity (Wildman–Crippen MR) is 163 cm³/mol. The highest BCUT2D eigenvalue weighted by atomic mass is 14.2. The fourth-order valence-electron chi connectivity index (χ4n) is 5.32. The maximum Gasteiger partial charge on any atom is -0.00992 e. The van der Waals surface area contributed by atoms with Crippen LogP contribution in [0.25, 0.3) is 55.6 Å². The lowest BCUT2D eigenvalue weighted by atomic mass is 9.88. The monoisotopic (exact) mass is 486 g/mol. The zero-order valence-electron chi connectivity index (χ0n) is 21.9. The molecule has 0 amide bonds. The van der Waals surface area contributed by atoms with E-state index in [0.717, 1.165) is 0 Å². The first-order valence-electron chi connectivity index (χ1n) is 13.2. The van der Waals surface area contributed by atoms with Gasteiger partial charge in [-0.2, -0.15) is 0 Å². The minimum atomic E-state index is 1.22. The quantitative estimate of drug-likeness (QED) is 0.227. The van der Waals surface area contributed by atoms with Crippen molar-refractivity contribution in [3.8, 4) is 55.6 Å². The summed E-state index contributed by atoms with van der Waals surface area (Å²) in [6.45, 7) is 4.29. The third kappa shape index (κ3) is 4.82. The minimum Gasteiger partial charge on any atom is -0.0616 e. The Balaban J connectivity index is 1.46. The van der Waals surface area contributed by atoms with Gasteiger partial charge in [0.25, 0.3) is 0 Å². The molecule has 0 radical (unpaired) electrons. The summed E-state index contributed by atoms with van der Waals surface area (Å²) in [5, 5.41) is 0. The highest BCUT2D eigenvalue weighted by Crippen LogP contribution is 2.39. The fourth-order valence-corrected chi connectivity index (χ4v) is 5.32. The van der Waals surface area contributed by atoms with Crippen molar-refractivity contribution in [1.29, 1.82) is 0 Å². The van der Waals surface area contributed by atoms with Gasteiger partial charge in [0.2, 0.25) is 0 Å². The summed E-state index contributed by atoms with van der Waals surface area (Å²) >= 11 is 0. The number of rotatable bonds is 5. The van der Waals surface area contributed by atoms with Crippen molar-refractivity contribution in [3.05, 3.63) is 157 Å². The van der Waals surface area contributed by atoms with Crippen molar-refractivity contribution in [3.63, 3.8) is 0 Å². The Morgan fingerprint density at radius 3 is 0.974 bits per heavy atom. The number of hydrogen-bond donors (Lipinski definition) is 0. The first-order valence-corrected chi connectivity index (χ1v) is 13.2. The molecule has 6 aromatic carbocycles. The van der Waals surface area contributed by atoms with Crippen LogP contribution < -0.4 is 0 Å². The van der Waals surface area contributed by atoms with Gasteiger partial charge in [-0.1, -0.05) is 145 Å². The Morgan fingerprint density at radius 1 is 0.263 bits per heavy atom. The normalized spacial score (nSPS) is 10.9. The molecule has 0 nitrogen and oxygen atoms in total. The van der Waals surface area contributed by atoms with E-state index in [9.17, 15) is 0 Å². The second-order valence-corrected chi connectivity index (χ2v) is 9.99. The summed E-state index contributed by atoms with van der Waals surface area (Å²) in [7, 11) is 0. The highest BCUT2D eigenvalue weighted by molar-refractivity contribution is 5.93. The van der Waals surface area contributed by atoms with Gasteiger partial charge in [-0.05, 0) is 81.6 Å². The summed E-state index contributed by atoms with van der Waals surface area (Å²) in [6.07, 6.45) is 0. The molecule has 0 fully saturated rings. The third-order valence-corrected chi connectivity index (χ3v) is 7.19. The fraction of sp³-hybridized carbons (Fsp3) is 0.0526. The van der Waals surface area contributed by atoms with Gasteiger partial charge in [-0.25, -0.2) is 0 Å². The maximum absolute atomic E-state index is 2.31. The lowest BCUT2D eigenvalue weighted by molar-refractivity contribution is 1.46. The van der Waals surface area contributed by atoms with Crippen LogP contribution in [0.3, 0.4) is 0 Å². The Labute approximate surface area is 225 Å². The van der Waals surface area contributed by atoms with Crippen molar-refractivity contribution >= 4 is 0 Å². The Morgan fingerprint density at radius 2 is 0.579 bits per heavy atom. The molecule has 0 heterocycles. The second-order valence-electron chi connectivity index (χ2n) is 9.99. The van der Waals surface area contributed by atoms with Crippen LogP contribution in [0.1, 0.15) is 11.1 Å². The first kappa shape index (κ1) is 23.7. The maximum atomic E-state index is 2.31. The summed E-state index contributed by atoms with van der Waals surface area (Å²) in [4.78, 5) is 0. The van der Waals surface area contributed by atoms with Crippen LogP contribution in [-0.2, 0) is 0 Å². The molecule has 6 rings (SSSR count). The van der Waals surface area contributed by atoms with E-state index < -0.39 is 0 Å². The lowest BCUT2D eigenvalue weighted by Crippen LogP contribution is -1.90. The van der Waals surface area contributed by atoms with Crippen LogP contribution in [0.2, 0.25) is 0 Å². The van der Waals surface area contributed by atoms with Crippen molar-refractivity contribution in [2.24, 2.45) is 0 Å². The SMILES string of the molecule is Cc1cccc(-c2cccc(-c3ccccc3-c3ccccc3-c3cccc(-c4cccc(C)c4)c3)c2)c1. The molecule has 0 bridgehead atoms. The summed E-state index contributed by atoms with van der Waals surface area (Å²) in [6, 6.07) is 52.8. The van der Waals surface area contributed by atoms with Crippen molar-refractivity contribution in [2.75, 3.05) is 0 Å². The zero-order chi connectivity index (χ0) is 25.9. The van der Waals surface area contributed by atoms with E-state index in [0.29, 0.717) is 0 Å². The topological polar surface area (TPSA) is 0 Å². The number of benzene rings is 6. The molecule has 0 atom stereocenters. The van der Waals surface area contributed by atoms with Gasteiger partial charge in [-0.15, -0.1) is 0 Å². The minimum absolute atomic E-state index is 1.22. The molecule has 0 N–H and O–H groups in total. The molecule has 0 aliphatic carbocycles. The number of hydrogen-bond acceptors (Lipinski definition) is 0. The third-order valence-electron chi connectivity index (χ3n) is 7.19. The molecule has 0 unspecified atom stereocenters. The van der Waals surface area contributed by atoms with E-state index in [4.69, 9.17) is 0 Å². The molecule has 182 valence electrons. The smallest absolute Gasteiger partial charge is 0.00992 e. The van der Waals surface area contributed by atoms with Gasteiger partial charge in [0.05, 0.1) is 0 Å². The van der Waals surface area contributed by atoms with Crippen LogP contribution in [0.15, 0.2) is 146 Å². The predicted octanol–water partition coefficient (Wildman–Crippen LogP) is 10.6. The van der Waals surface area contributed by atoms with E-state index in [1.54, 1.807) is 0 Å². The van der Waals surface area contributed by atoms with Crippen LogP contribution in [0.5, 0.6) is 0 Å². The zero-order valence-corrected chi connectivity index (χ0v) is 21.9. The van der Waals surface area contributed by atoms with E-state index in [2.05, 4.69) is 159 Å². The second kappa shape index (κ2) is 10.4. The van der Waals surface area contributed by atoms with Crippen LogP contribution in [0, 0.1) is 13.8 Å². The van der Waals surface area contributed by atoms with Gasteiger partial charge in [0.15, 0.2) is 0 Å². The van der Waals surface area contributed by atoms with Gasteiger partial charge in [0, 0.05) is 0 Å².